The largest absolute Gasteiger partial charge is 0.417 e. The highest BCUT2D eigenvalue weighted by Crippen LogP contribution is 2.50. The lowest BCUT2D eigenvalue weighted by Crippen LogP contribution is -2.38. The number of alkyl halides is 3. The van der Waals surface area contributed by atoms with Crippen LogP contribution >= 0.6 is 15.9 Å². The maximum absolute atomic E-state index is 13.1. The molecule has 1 aromatic carbocycles. The van der Waals surface area contributed by atoms with Crippen molar-refractivity contribution in [1.82, 2.24) is 0 Å². The topological polar surface area (TPSA) is 37.4 Å². The number of allylic oxidation sites excluding steroid dienone is 2. The minimum absolute atomic E-state index is 0.00525. The van der Waals surface area contributed by atoms with Crippen LogP contribution < -0.4 is 4.90 Å². The number of rotatable bonds is 1. The Morgan fingerprint density at radius 3 is 2.00 bits per heavy atom. The maximum atomic E-state index is 13.1. The Labute approximate surface area is 144 Å². The summed E-state index contributed by atoms with van der Waals surface area (Å²) in [4.78, 5) is 26.5. The highest BCUT2D eigenvalue weighted by molar-refractivity contribution is 9.10. The third kappa shape index (κ3) is 2.17. The molecule has 3 nitrogen and oxygen atoms in total. The van der Waals surface area contributed by atoms with Crippen molar-refractivity contribution in [2.75, 3.05) is 4.90 Å². The van der Waals surface area contributed by atoms with Gasteiger partial charge in [0.25, 0.3) is 0 Å². The molecule has 1 heterocycles. The fourth-order valence-corrected chi connectivity index (χ4v) is 4.67. The van der Waals surface area contributed by atoms with Crippen molar-refractivity contribution in [3.63, 3.8) is 0 Å². The maximum Gasteiger partial charge on any atom is 0.417 e. The van der Waals surface area contributed by atoms with Crippen molar-refractivity contribution in [1.29, 1.82) is 0 Å². The first kappa shape index (κ1) is 15.9. The number of anilines is 1. The molecule has 2 fully saturated rings. The van der Waals surface area contributed by atoms with Crippen molar-refractivity contribution >= 4 is 33.4 Å². The molecule has 0 radical (unpaired) electrons. The van der Waals surface area contributed by atoms with Gasteiger partial charge < -0.3 is 0 Å². The molecule has 1 aliphatic heterocycles. The van der Waals surface area contributed by atoms with Crippen LogP contribution in [0.3, 0.4) is 0 Å². The second kappa shape index (κ2) is 5.18. The molecule has 126 valence electrons. The van der Waals surface area contributed by atoms with Crippen LogP contribution in [0.25, 0.3) is 0 Å². The molecular weight excluding hydrogens is 387 g/mol. The van der Waals surface area contributed by atoms with Gasteiger partial charge in [-0.15, -0.1) is 0 Å². The van der Waals surface area contributed by atoms with E-state index >= 15 is 0 Å². The summed E-state index contributed by atoms with van der Waals surface area (Å²) in [5.74, 6) is -1.59. The fourth-order valence-electron chi connectivity index (χ4n) is 4.20. The first-order chi connectivity index (χ1) is 11.3. The van der Waals surface area contributed by atoms with Crippen molar-refractivity contribution in [3.05, 3.63) is 40.4 Å². The van der Waals surface area contributed by atoms with E-state index in [9.17, 15) is 22.8 Å². The molecule has 7 heteroatoms. The highest BCUT2D eigenvalue weighted by atomic mass is 79.9. The standard InChI is InChI=1S/C17H13BrF3NO2/c18-12-6-5-10(7-11(12)17(19,20)21)22-15(23)13-8-1-2-9(4-3-8)14(13)16(22)24/h1-2,5-9,13-14H,3-4H2/t8-,9+,13-,14+. The SMILES string of the molecule is O=C1[C@@H]2[C@H](C(=O)N1c1ccc(Br)c(C(F)(F)F)c1)[C@@H]1C=C[C@H]2CC1. The molecule has 5 rings (SSSR count). The van der Waals surface area contributed by atoms with Gasteiger partial charge in [0.15, 0.2) is 0 Å². The number of hydrogen-bond donors (Lipinski definition) is 0. The number of imide groups is 1. The highest BCUT2D eigenvalue weighted by Gasteiger charge is 2.57. The molecule has 24 heavy (non-hydrogen) atoms. The zero-order valence-corrected chi connectivity index (χ0v) is 14.0. The zero-order chi connectivity index (χ0) is 17.2. The molecule has 1 saturated heterocycles. The van der Waals surface area contributed by atoms with Gasteiger partial charge in [-0.3, -0.25) is 14.5 Å². The molecule has 1 aromatic rings. The summed E-state index contributed by atoms with van der Waals surface area (Å²) < 4.78 is 39.2. The summed E-state index contributed by atoms with van der Waals surface area (Å²) in [6, 6.07) is 3.47. The Morgan fingerprint density at radius 1 is 1.00 bits per heavy atom. The third-order valence-electron chi connectivity index (χ3n) is 5.27. The van der Waals surface area contributed by atoms with E-state index in [0.717, 1.165) is 23.8 Å². The monoisotopic (exact) mass is 399 g/mol. The van der Waals surface area contributed by atoms with E-state index in [2.05, 4.69) is 15.9 Å². The number of benzene rings is 1. The van der Waals surface area contributed by atoms with Crippen LogP contribution in [-0.4, -0.2) is 11.8 Å². The van der Waals surface area contributed by atoms with Gasteiger partial charge in [0.2, 0.25) is 11.8 Å². The molecule has 2 bridgehead atoms. The van der Waals surface area contributed by atoms with Gasteiger partial charge in [0.1, 0.15) is 0 Å². The number of hydrogen-bond acceptors (Lipinski definition) is 2. The van der Waals surface area contributed by atoms with Gasteiger partial charge in [-0.2, -0.15) is 13.2 Å². The number of fused-ring (bicyclic) bond motifs is 1. The van der Waals surface area contributed by atoms with E-state index in [1.807, 2.05) is 12.2 Å². The predicted molar refractivity (Wildman–Crippen MR) is 84.0 cm³/mol. The fraction of sp³-hybridized carbons (Fsp3) is 0.412. The van der Waals surface area contributed by atoms with Gasteiger partial charge >= 0.3 is 6.18 Å². The summed E-state index contributed by atoms with van der Waals surface area (Å²) >= 11 is 2.88. The lowest BCUT2D eigenvalue weighted by atomic mass is 9.63. The minimum Gasteiger partial charge on any atom is -0.274 e. The van der Waals surface area contributed by atoms with E-state index in [1.165, 1.54) is 12.1 Å². The quantitative estimate of drug-likeness (QED) is 0.524. The minimum atomic E-state index is -4.56. The first-order valence-electron chi connectivity index (χ1n) is 7.72. The molecule has 0 spiro atoms. The average molecular weight is 400 g/mol. The van der Waals surface area contributed by atoms with Crippen LogP contribution in [0.4, 0.5) is 18.9 Å². The van der Waals surface area contributed by atoms with Crippen LogP contribution in [0.1, 0.15) is 18.4 Å². The molecule has 0 N–H and O–H groups in total. The Bertz CT molecular complexity index is 742. The molecule has 0 aromatic heterocycles. The van der Waals surface area contributed by atoms with Gasteiger partial charge in [0.05, 0.1) is 23.1 Å². The Morgan fingerprint density at radius 2 is 1.54 bits per heavy atom. The van der Waals surface area contributed by atoms with E-state index in [4.69, 9.17) is 0 Å². The summed E-state index contributed by atoms with van der Waals surface area (Å²) in [5.41, 5.74) is -0.897. The molecular formula is C17H13BrF3NO2. The molecule has 4 atom stereocenters. The number of halogens is 4. The first-order valence-corrected chi connectivity index (χ1v) is 8.51. The number of carbonyl (C=O) groups is 2. The third-order valence-corrected chi connectivity index (χ3v) is 5.96. The summed E-state index contributed by atoms with van der Waals surface area (Å²) in [7, 11) is 0. The number of amides is 2. The smallest absolute Gasteiger partial charge is 0.274 e. The number of nitrogens with zero attached hydrogens (tertiary/aromatic N) is 1. The Kier molecular flexibility index (Phi) is 3.43. The predicted octanol–water partition coefficient (Wildman–Crippen LogP) is 4.17. The lowest BCUT2D eigenvalue weighted by Gasteiger charge is -2.38. The van der Waals surface area contributed by atoms with Gasteiger partial charge in [-0.1, -0.05) is 28.1 Å². The van der Waals surface area contributed by atoms with E-state index < -0.39 is 23.6 Å². The molecule has 4 aliphatic rings. The van der Waals surface area contributed by atoms with Crippen molar-refractivity contribution < 1.29 is 22.8 Å². The molecule has 1 saturated carbocycles. The Hall–Kier alpha value is -1.63. The Balaban J connectivity index is 1.76. The van der Waals surface area contributed by atoms with Gasteiger partial charge in [-0.25, -0.2) is 0 Å². The van der Waals surface area contributed by atoms with Crippen molar-refractivity contribution in [3.8, 4) is 0 Å². The van der Waals surface area contributed by atoms with Crippen molar-refractivity contribution in [2.45, 2.75) is 19.0 Å². The second-order valence-corrected chi connectivity index (χ2v) is 7.37. The molecule has 0 unspecified atom stereocenters. The summed E-state index contributed by atoms with van der Waals surface area (Å²) in [6.07, 6.45) is 1.10. The van der Waals surface area contributed by atoms with Gasteiger partial charge in [0, 0.05) is 4.47 Å². The zero-order valence-electron chi connectivity index (χ0n) is 12.4. The van der Waals surface area contributed by atoms with Crippen LogP contribution in [-0.2, 0) is 15.8 Å². The summed E-state index contributed by atoms with van der Waals surface area (Å²) in [6.45, 7) is 0. The van der Waals surface area contributed by atoms with E-state index in [-0.39, 0.29) is 33.8 Å². The van der Waals surface area contributed by atoms with Crippen LogP contribution in [0.15, 0.2) is 34.8 Å². The van der Waals surface area contributed by atoms with Crippen LogP contribution in [0.2, 0.25) is 0 Å². The van der Waals surface area contributed by atoms with E-state index in [0.29, 0.717) is 0 Å². The average Bonchev–Trinajstić information content (AvgIpc) is 2.82. The van der Waals surface area contributed by atoms with Crippen molar-refractivity contribution in [2.24, 2.45) is 23.7 Å². The molecule has 3 aliphatic carbocycles. The van der Waals surface area contributed by atoms with Crippen LogP contribution in [0, 0.1) is 23.7 Å². The van der Waals surface area contributed by atoms with E-state index in [1.54, 1.807) is 0 Å². The number of carbonyl (C=O) groups excluding carboxylic acids is 2. The summed E-state index contributed by atoms with van der Waals surface area (Å²) in [5, 5.41) is 0. The lowest BCUT2D eigenvalue weighted by molar-refractivity contribution is -0.138. The molecule has 2 amide bonds. The normalized spacial score (nSPS) is 31.8. The van der Waals surface area contributed by atoms with Gasteiger partial charge in [-0.05, 0) is 42.9 Å². The second-order valence-electron chi connectivity index (χ2n) is 6.52. The van der Waals surface area contributed by atoms with Crippen LogP contribution in [0.5, 0.6) is 0 Å².